The molecule has 0 aromatic heterocycles. The summed E-state index contributed by atoms with van der Waals surface area (Å²) in [6.07, 6.45) is 1.36. The number of aliphatic hydroxyl groups excluding tert-OH is 1. The largest absolute Gasteiger partial charge is 0.502 e. The van der Waals surface area contributed by atoms with Gasteiger partial charge in [0.2, 0.25) is 0 Å². The standard InChI is InChI=1S/C14H16FN3O2/c15-11-3-1-10(2-4-11)8-17-9-12(19)14(20)18-6-5-16-7-13(17)18/h1-4,9,13,16,19H,5-8H2. The lowest BCUT2D eigenvalue weighted by Crippen LogP contribution is -2.61. The summed E-state index contributed by atoms with van der Waals surface area (Å²) in [5.74, 6) is -0.848. The van der Waals surface area contributed by atoms with E-state index < -0.39 is 0 Å². The number of nitrogens with one attached hydrogen (secondary N) is 1. The van der Waals surface area contributed by atoms with Crippen LogP contribution in [0.4, 0.5) is 4.39 Å². The highest BCUT2D eigenvalue weighted by atomic mass is 19.1. The van der Waals surface area contributed by atoms with Crippen molar-refractivity contribution in [1.29, 1.82) is 0 Å². The Bertz CT molecular complexity index is 544. The molecule has 1 unspecified atom stereocenters. The number of piperazine rings is 1. The molecule has 1 amide bonds. The third-order valence-electron chi connectivity index (χ3n) is 3.65. The SMILES string of the molecule is O=C1C(O)=CN(Cc2ccc(F)cc2)C2CNCCN12. The first-order chi connectivity index (χ1) is 9.65. The lowest BCUT2D eigenvalue weighted by atomic mass is 10.1. The van der Waals surface area contributed by atoms with Gasteiger partial charge in [-0.25, -0.2) is 4.39 Å². The van der Waals surface area contributed by atoms with E-state index in [-0.39, 0.29) is 23.6 Å². The molecule has 1 aromatic carbocycles. The number of aliphatic hydroxyl groups is 1. The Kier molecular flexibility index (Phi) is 3.31. The van der Waals surface area contributed by atoms with Crippen molar-refractivity contribution in [3.8, 4) is 0 Å². The molecule has 106 valence electrons. The highest BCUT2D eigenvalue weighted by Crippen LogP contribution is 2.21. The fraction of sp³-hybridized carbons (Fsp3) is 0.357. The molecule has 1 fully saturated rings. The van der Waals surface area contributed by atoms with Crippen LogP contribution in [0.3, 0.4) is 0 Å². The van der Waals surface area contributed by atoms with Crippen LogP contribution in [-0.2, 0) is 11.3 Å². The summed E-state index contributed by atoms with van der Waals surface area (Å²) in [5.41, 5.74) is 0.926. The zero-order valence-electron chi connectivity index (χ0n) is 10.9. The topological polar surface area (TPSA) is 55.8 Å². The summed E-state index contributed by atoms with van der Waals surface area (Å²) in [5, 5.41) is 13.0. The van der Waals surface area contributed by atoms with Gasteiger partial charge in [0.05, 0.1) is 0 Å². The first kappa shape index (κ1) is 12.9. The second-order valence-electron chi connectivity index (χ2n) is 5.00. The molecule has 0 spiro atoms. The third kappa shape index (κ3) is 2.34. The molecule has 20 heavy (non-hydrogen) atoms. The summed E-state index contributed by atoms with van der Waals surface area (Å²) in [6, 6.07) is 6.23. The van der Waals surface area contributed by atoms with Crippen molar-refractivity contribution in [3.05, 3.63) is 47.6 Å². The molecule has 2 heterocycles. The normalized spacial score (nSPS) is 22.6. The van der Waals surface area contributed by atoms with Crippen LogP contribution in [0, 0.1) is 5.82 Å². The number of halogens is 1. The number of carbonyl (C=O) groups excluding carboxylic acids is 1. The van der Waals surface area contributed by atoms with Crippen LogP contribution in [0.15, 0.2) is 36.2 Å². The highest BCUT2D eigenvalue weighted by molar-refractivity contribution is 5.92. The van der Waals surface area contributed by atoms with Gasteiger partial charge < -0.3 is 20.2 Å². The number of hydrogen-bond acceptors (Lipinski definition) is 4. The number of nitrogens with zero attached hydrogens (tertiary/aromatic N) is 2. The van der Waals surface area contributed by atoms with Gasteiger partial charge in [-0.3, -0.25) is 4.79 Å². The van der Waals surface area contributed by atoms with Gasteiger partial charge in [0, 0.05) is 32.4 Å². The number of fused-ring (bicyclic) bond motifs is 1. The van der Waals surface area contributed by atoms with Crippen LogP contribution >= 0.6 is 0 Å². The number of carbonyl (C=O) groups is 1. The van der Waals surface area contributed by atoms with Crippen molar-refractivity contribution in [2.75, 3.05) is 19.6 Å². The molecule has 1 saturated heterocycles. The lowest BCUT2D eigenvalue weighted by Gasteiger charge is -2.45. The van der Waals surface area contributed by atoms with Gasteiger partial charge in [0.1, 0.15) is 12.0 Å². The number of amides is 1. The molecule has 1 atom stereocenters. The van der Waals surface area contributed by atoms with E-state index in [0.717, 1.165) is 12.1 Å². The number of rotatable bonds is 2. The molecule has 0 aliphatic carbocycles. The maximum atomic E-state index is 12.9. The van der Waals surface area contributed by atoms with E-state index in [1.165, 1.54) is 18.3 Å². The third-order valence-corrected chi connectivity index (χ3v) is 3.65. The fourth-order valence-corrected chi connectivity index (χ4v) is 2.62. The van der Waals surface area contributed by atoms with E-state index in [0.29, 0.717) is 19.6 Å². The quantitative estimate of drug-likeness (QED) is 0.839. The van der Waals surface area contributed by atoms with Gasteiger partial charge in [0.25, 0.3) is 5.91 Å². The molecule has 2 aliphatic heterocycles. The molecule has 1 aromatic rings. The van der Waals surface area contributed by atoms with E-state index in [9.17, 15) is 14.3 Å². The molecular formula is C14H16FN3O2. The minimum atomic E-state index is -0.327. The fourth-order valence-electron chi connectivity index (χ4n) is 2.62. The molecule has 5 nitrogen and oxygen atoms in total. The molecule has 6 heteroatoms. The molecule has 0 bridgehead atoms. The zero-order valence-corrected chi connectivity index (χ0v) is 10.9. The van der Waals surface area contributed by atoms with Gasteiger partial charge in [-0.05, 0) is 17.7 Å². The first-order valence-electron chi connectivity index (χ1n) is 6.58. The Morgan fingerprint density at radius 2 is 2.10 bits per heavy atom. The van der Waals surface area contributed by atoms with E-state index in [2.05, 4.69) is 5.32 Å². The smallest absolute Gasteiger partial charge is 0.291 e. The molecule has 2 aliphatic rings. The second kappa shape index (κ2) is 5.13. The highest BCUT2D eigenvalue weighted by Gasteiger charge is 2.36. The van der Waals surface area contributed by atoms with E-state index in [1.54, 1.807) is 17.0 Å². The zero-order chi connectivity index (χ0) is 14.1. The van der Waals surface area contributed by atoms with Crippen molar-refractivity contribution in [1.82, 2.24) is 15.1 Å². The summed E-state index contributed by atoms with van der Waals surface area (Å²) in [6.45, 7) is 2.46. The Labute approximate surface area is 116 Å². The maximum absolute atomic E-state index is 12.9. The predicted octanol–water partition coefficient (Wildman–Crippen LogP) is 0.799. The Morgan fingerprint density at radius 3 is 2.85 bits per heavy atom. The Hall–Kier alpha value is -2.08. The van der Waals surface area contributed by atoms with Crippen molar-refractivity contribution in [2.45, 2.75) is 12.7 Å². The van der Waals surface area contributed by atoms with Gasteiger partial charge in [0.15, 0.2) is 5.76 Å². The van der Waals surface area contributed by atoms with Crippen molar-refractivity contribution in [3.63, 3.8) is 0 Å². The van der Waals surface area contributed by atoms with Crippen LogP contribution in [0.1, 0.15) is 5.56 Å². The maximum Gasteiger partial charge on any atom is 0.291 e. The summed E-state index contributed by atoms with van der Waals surface area (Å²) >= 11 is 0. The van der Waals surface area contributed by atoms with Crippen LogP contribution < -0.4 is 5.32 Å². The summed E-state index contributed by atoms with van der Waals surface area (Å²) in [7, 11) is 0. The summed E-state index contributed by atoms with van der Waals surface area (Å²) in [4.78, 5) is 15.5. The minimum Gasteiger partial charge on any atom is -0.502 e. The average Bonchev–Trinajstić information content (AvgIpc) is 2.47. The van der Waals surface area contributed by atoms with Gasteiger partial charge in [-0.2, -0.15) is 0 Å². The molecule has 3 rings (SSSR count). The predicted molar refractivity (Wildman–Crippen MR) is 71.0 cm³/mol. The van der Waals surface area contributed by atoms with Crippen molar-refractivity contribution in [2.24, 2.45) is 0 Å². The monoisotopic (exact) mass is 277 g/mol. The van der Waals surface area contributed by atoms with Gasteiger partial charge in [-0.1, -0.05) is 12.1 Å². The average molecular weight is 277 g/mol. The van der Waals surface area contributed by atoms with Crippen molar-refractivity contribution < 1.29 is 14.3 Å². The Balaban J connectivity index is 1.83. The van der Waals surface area contributed by atoms with Crippen LogP contribution in [0.25, 0.3) is 0 Å². The van der Waals surface area contributed by atoms with E-state index in [4.69, 9.17) is 0 Å². The minimum absolute atomic E-state index is 0.114. The molecule has 0 radical (unpaired) electrons. The lowest BCUT2D eigenvalue weighted by molar-refractivity contribution is -0.139. The van der Waals surface area contributed by atoms with E-state index >= 15 is 0 Å². The van der Waals surface area contributed by atoms with Crippen LogP contribution in [0.2, 0.25) is 0 Å². The van der Waals surface area contributed by atoms with Gasteiger partial charge in [-0.15, -0.1) is 0 Å². The van der Waals surface area contributed by atoms with Crippen LogP contribution in [0.5, 0.6) is 0 Å². The van der Waals surface area contributed by atoms with Crippen LogP contribution in [-0.4, -0.2) is 46.6 Å². The Morgan fingerprint density at radius 1 is 1.35 bits per heavy atom. The number of hydrogen-bond donors (Lipinski definition) is 2. The number of benzene rings is 1. The molecule has 2 N–H and O–H groups in total. The molecule has 0 saturated carbocycles. The van der Waals surface area contributed by atoms with E-state index in [1.807, 2.05) is 4.90 Å². The summed E-state index contributed by atoms with van der Waals surface area (Å²) < 4.78 is 12.9. The second-order valence-corrected chi connectivity index (χ2v) is 5.00. The van der Waals surface area contributed by atoms with Gasteiger partial charge >= 0.3 is 0 Å². The van der Waals surface area contributed by atoms with Crippen molar-refractivity contribution >= 4 is 5.91 Å². The molecular weight excluding hydrogens is 261 g/mol. The first-order valence-corrected chi connectivity index (χ1v) is 6.58.